The van der Waals surface area contributed by atoms with Crippen molar-refractivity contribution in [2.75, 3.05) is 38.3 Å². The second-order valence-electron chi connectivity index (χ2n) is 8.56. The van der Waals surface area contributed by atoms with Crippen LogP contribution < -0.4 is 9.64 Å². The van der Waals surface area contributed by atoms with E-state index in [0.29, 0.717) is 17.9 Å². The summed E-state index contributed by atoms with van der Waals surface area (Å²) in [6.07, 6.45) is 6.70. The van der Waals surface area contributed by atoms with Crippen molar-refractivity contribution in [3.63, 3.8) is 0 Å². The van der Waals surface area contributed by atoms with E-state index in [1.165, 1.54) is 4.90 Å². The Morgan fingerprint density at radius 1 is 1.15 bits per heavy atom. The third-order valence-corrected chi connectivity index (χ3v) is 6.85. The number of cyclic esters (lactones) is 1. The van der Waals surface area contributed by atoms with Crippen LogP contribution in [0.3, 0.4) is 0 Å². The van der Waals surface area contributed by atoms with Gasteiger partial charge in [0.1, 0.15) is 29.9 Å². The Balaban J connectivity index is 1.58. The first kappa shape index (κ1) is 21.7. The number of aliphatic hydroxyl groups excluding tert-OH is 1. The van der Waals surface area contributed by atoms with Crippen LogP contribution in [-0.4, -0.2) is 79.0 Å². The van der Waals surface area contributed by atoms with Crippen LogP contribution in [0.25, 0.3) is 0 Å². The zero-order chi connectivity index (χ0) is 23.2. The number of carbonyl (C=O) groups excluding carboxylic acids is 3. The molecule has 174 valence electrons. The first-order chi connectivity index (χ1) is 16.0. The summed E-state index contributed by atoms with van der Waals surface area (Å²) in [5.74, 6) is -2.17. The smallest absolute Gasteiger partial charge is 0.313 e. The number of hydrogen-bond donors (Lipinski definition) is 1. The van der Waals surface area contributed by atoms with E-state index in [4.69, 9.17) is 14.2 Å². The molecule has 0 bridgehead atoms. The molecule has 1 aromatic rings. The molecule has 2 saturated heterocycles. The Hall–Kier alpha value is -3.17. The minimum absolute atomic E-state index is 0.126. The molecule has 4 heterocycles. The minimum Gasteiger partial charge on any atom is -0.497 e. The summed E-state index contributed by atoms with van der Waals surface area (Å²) in [6, 6.07) is 6.15. The summed E-state index contributed by atoms with van der Waals surface area (Å²) in [5.41, 5.74) is -0.632. The van der Waals surface area contributed by atoms with Crippen molar-refractivity contribution in [1.82, 2.24) is 4.90 Å². The molecule has 0 aromatic heterocycles. The van der Waals surface area contributed by atoms with Crippen molar-refractivity contribution in [3.8, 4) is 5.75 Å². The molecule has 0 saturated carbocycles. The van der Waals surface area contributed by atoms with Crippen molar-refractivity contribution in [2.45, 2.75) is 24.2 Å². The summed E-state index contributed by atoms with van der Waals surface area (Å²) in [4.78, 5) is 43.5. The quantitative estimate of drug-likeness (QED) is 0.515. The second-order valence-corrected chi connectivity index (χ2v) is 8.56. The number of nitrogens with zero attached hydrogens (tertiary/aromatic N) is 2. The van der Waals surface area contributed by atoms with Gasteiger partial charge in [0, 0.05) is 25.4 Å². The molecule has 1 unspecified atom stereocenters. The maximum atomic E-state index is 14.0. The molecule has 2 amide bonds. The maximum Gasteiger partial charge on any atom is 0.313 e. The van der Waals surface area contributed by atoms with E-state index >= 15 is 0 Å². The number of ether oxygens (including phenoxy) is 3. The number of amides is 2. The van der Waals surface area contributed by atoms with Crippen molar-refractivity contribution >= 4 is 23.5 Å². The summed E-state index contributed by atoms with van der Waals surface area (Å²) < 4.78 is 16.9. The predicted octanol–water partition coefficient (Wildman–Crippen LogP) is 0.674. The Bertz CT molecular complexity index is 1020. The molecule has 4 aliphatic heterocycles. The summed E-state index contributed by atoms with van der Waals surface area (Å²) in [5, 5.41) is 9.40. The highest BCUT2D eigenvalue weighted by atomic mass is 16.6. The molecule has 5 atom stereocenters. The van der Waals surface area contributed by atoms with Crippen LogP contribution in [0.1, 0.15) is 6.42 Å². The highest BCUT2D eigenvalue weighted by molar-refractivity contribution is 6.05. The minimum atomic E-state index is -1.29. The molecular weight excluding hydrogens is 428 g/mol. The van der Waals surface area contributed by atoms with Crippen molar-refractivity contribution in [2.24, 2.45) is 11.8 Å². The Morgan fingerprint density at radius 3 is 2.67 bits per heavy atom. The molecule has 0 radical (unpaired) electrons. The molecule has 2 fully saturated rings. The van der Waals surface area contributed by atoms with E-state index in [2.05, 4.69) is 0 Å². The number of hydrogen-bond acceptors (Lipinski definition) is 7. The molecule has 0 aliphatic carbocycles. The van der Waals surface area contributed by atoms with Gasteiger partial charge in [-0.2, -0.15) is 0 Å². The molecular formula is C24H26N2O7. The average Bonchev–Trinajstić information content (AvgIpc) is 3.12. The lowest BCUT2D eigenvalue weighted by Gasteiger charge is -2.35. The normalized spacial score (nSPS) is 32.7. The van der Waals surface area contributed by atoms with Gasteiger partial charge in [-0.1, -0.05) is 18.2 Å². The van der Waals surface area contributed by atoms with Gasteiger partial charge in [0.25, 0.3) is 5.91 Å². The SMILES string of the molecule is COc1ccc(N2CC=C[C@]34O[C@H]5C=CCOC(=O)[C@H]5[C@H]3C(=O)N(CCCO)C4C2=O)cc1. The van der Waals surface area contributed by atoms with E-state index in [-0.39, 0.29) is 38.1 Å². The number of likely N-dealkylation sites (tertiary alicyclic amines) is 1. The van der Waals surface area contributed by atoms with Gasteiger partial charge >= 0.3 is 5.97 Å². The lowest BCUT2D eigenvalue weighted by molar-refractivity contribution is -0.152. The maximum absolute atomic E-state index is 14.0. The van der Waals surface area contributed by atoms with E-state index in [0.717, 1.165) is 0 Å². The van der Waals surface area contributed by atoms with Crippen LogP contribution in [0.15, 0.2) is 48.6 Å². The molecule has 1 N–H and O–H groups in total. The third-order valence-electron chi connectivity index (χ3n) is 6.85. The number of carbonyl (C=O) groups is 3. The fourth-order valence-electron chi connectivity index (χ4n) is 5.44. The molecule has 9 nitrogen and oxygen atoms in total. The fraction of sp³-hybridized carbons (Fsp3) is 0.458. The molecule has 1 spiro atoms. The van der Waals surface area contributed by atoms with Crippen molar-refractivity contribution in [3.05, 3.63) is 48.6 Å². The van der Waals surface area contributed by atoms with Crippen LogP contribution in [0.2, 0.25) is 0 Å². The van der Waals surface area contributed by atoms with Gasteiger partial charge in [-0.25, -0.2) is 0 Å². The number of fused-ring (bicyclic) bond motifs is 2. The Kier molecular flexibility index (Phi) is 5.46. The lowest BCUT2D eigenvalue weighted by atomic mass is 9.78. The van der Waals surface area contributed by atoms with Gasteiger partial charge in [-0.15, -0.1) is 0 Å². The number of benzene rings is 1. The largest absolute Gasteiger partial charge is 0.497 e. The Labute approximate surface area is 191 Å². The molecule has 9 heteroatoms. The summed E-state index contributed by atoms with van der Waals surface area (Å²) in [7, 11) is 1.57. The number of esters is 1. The van der Waals surface area contributed by atoms with E-state index in [1.807, 2.05) is 6.08 Å². The predicted molar refractivity (Wildman–Crippen MR) is 116 cm³/mol. The first-order valence-electron chi connectivity index (χ1n) is 11.1. The van der Waals surface area contributed by atoms with Crippen LogP contribution >= 0.6 is 0 Å². The fourth-order valence-corrected chi connectivity index (χ4v) is 5.44. The number of rotatable bonds is 5. The zero-order valence-corrected chi connectivity index (χ0v) is 18.3. The highest BCUT2D eigenvalue weighted by Crippen LogP contribution is 2.53. The zero-order valence-electron chi connectivity index (χ0n) is 18.3. The number of methoxy groups -OCH3 is 1. The van der Waals surface area contributed by atoms with Crippen molar-refractivity contribution < 1.29 is 33.7 Å². The van der Waals surface area contributed by atoms with Gasteiger partial charge in [0.05, 0.1) is 19.1 Å². The van der Waals surface area contributed by atoms with E-state index < -0.39 is 35.6 Å². The standard InChI is InChI=1S/C24H26N2O7/c1-31-16-8-6-15(7-9-16)25-11-3-10-24-19(18-17(33-24)5-2-14-32-23(18)30)21(28)26(12-4-13-27)20(24)22(25)29/h2-3,5-10,17-20,27H,4,11-14H2,1H3/t17-,18+,19-,20?,24-/m0/s1. The molecule has 5 rings (SSSR count). The summed E-state index contributed by atoms with van der Waals surface area (Å²) in [6.45, 7) is 0.468. The monoisotopic (exact) mass is 454 g/mol. The second kappa shape index (κ2) is 8.31. The van der Waals surface area contributed by atoms with E-state index in [9.17, 15) is 19.5 Å². The highest BCUT2D eigenvalue weighted by Gasteiger charge is 2.71. The van der Waals surface area contributed by atoms with E-state index in [1.54, 1.807) is 54.5 Å². The van der Waals surface area contributed by atoms with Gasteiger partial charge < -0.3 is 29.1 Å². The molecule has 4 aliphatic rings. The first-order valence-corrected chi connectivity index (χ1v) is 11.1. The number of anilines is 1. The molecule has 33 heavy (non-hydrogen) atoms. The number of aliphatic hydroxyl groups is 1. The van der Waals surface area contributed by atoms with Crippen molar-refractivity contribution in [1.29, 1.82) is 0 Å². The van der Waals surface area contributed by atoms with Crippen LogP contribution in [0, 0.1) is 11.8 Å². The van der Waals surface area contributed by atoms with Crippen LogP contribution in [-0.2, 0) is 23.9 Å². The molecule has 1 aromatic carbocycles. The van der Waals surface area contributed by atoms with Crippen LogP contribution in [0.5, 0.6) is 5.75 Å². The van der Waals surface area contributed by atoms with Crippen LogP contribution in [0.4, 0.5) is 5.69 Å². The van der Waals surface area contributed by atoms with Gasteiger partial charge in [0.2, 0.25) is 5.91 Å². The topological polar surface area (TPSA) is 106 Å². The Morgan fingerprint density at radius 2 is 1.94 bits per heavy atom. The van der Waals surface area contributed by atoms with Gasteiger partial charge in [-0.05, 0) is 36.8 Å². The van der Waals surface area contributed by atoms with Gasteiger partial charge in [-0.3, -0.25) is 14.4 Å². The summed E-state index contributed by atoms with van der Waals surface area (Å²) >= 11 is 0. The average molecular weight is 454 g/mol. The third kappa shape index (κ3) is 3.26. The van der Waals surface area contributed by atoms with Gasteiger partial charge in [0.15, 0.2) is 0 Å². The lowest BCUT2D eigenvalue weighted by Crippen LogP contribution is -2.55.